The van der Waals surface area contributed by atoms with Gasteiger partial charge >= 0.3 is 6.09 Å². The fourth-order valence-electron chi connectivity index (χ4n) is 2.74. The first-order chi connectivity index (χ1) is 9.62. The number of amides is 2. The molecule has 3 N–H and O–H groups in total. The van der Waals surface area contributed by atoms with Gasteiger partial charge in [-0.05, 0) is 33.2 Å². The summed E-state index contributed by atoms with van der Waals surface area (Å²) in [4.78, 5) is 26.7. The predicted molar refractivity (Wildman–Crippen MR) is 76.5 cm³/mol. The largest absolute Gasteiger partial charge is 0.444 e. The molecular weight excluding hydrogens is 274 g/mol. The second kappa shape index (κ2) is 5.46. The van der Waals surface area contributed by atoms with Crippen LogP contribution in [0.1, 0.15) is 27.2 Å². The molecule has 0 aromatic carbocycles. The lowest BCUT2D eigenvalue weighted by molar-refractivity contribution is -0.139. The van der Waals surface area contributed by atoms with Gasteiger partial charge in [-0.1, -0.05) is 0 Å². The number of ether oxygens (including phenoxy) is 1. The van der Waals surface area contributed by atoms with Crippen molar-refractivity contribution in [2.24, 2.45) is 11.7 Å². The van der Waals surface area contributed by atoms with Crippen molar-refractivity contribution in [3.63, 3.8) is 0 Å². The molecule has 21 heavy (non-hydrogen) atoms. The Balaban J connectivity index is 1.82. The minimum atomic E-state index is -1.03. The highest BCUT2D eigenvalue weighted by molar-refractivity contribution is 5.79. The van der Waals surface area contributed by atoms with Crippen molar-refractivity contribution in [3.05, 3.63) is 0 Å². The molecule has 2 heterocycles. The van der Waals surface area contributed by atoms with E-state index in [1.54, 1.807) is 25.7 Å². The Labute approximate surface area is 125 Å². The molecule has 0 aromatic rings. The minimum Gasteiger partial charge on any atom is -0.444 e. The highest BCUT2D eigenvalue weighted by Crippen LogP contribution is 2.27. The molecule has 0 saturated carbocycles. The molecule has 2 aliphatic rings. The lowest BCUT2D eigenvalue weighted by Gasteiger charge is -2.47. The van der Waals surface area contributed by atoms with E-state index in [4.69, 9.17) is 10.5 Å². The molecule has 2 saturated heterocycles. The van der Waals surface area contributed by atoms with Crippen molar-refractivity contribution in [1.29, 1.82) is 0 Å². The van der Waals surface area contributed by atoms with Crippen molar-refractivity contribution in [2.45, 2.75) is 38.4 Å². The third kappa shape index (κ3) is 3.85. The number of hydrogen-bond acceptors (Lipinski definition) is 5. The van der Waals surface area contributed by atoms with Gasteiger partial charge in [0.25, 0.3) is 0 Å². The van der Waals surface area contributed by atoms with Gasteiger partial charge in [-0.2, -0.15) is 0 Å². The van der Waals surface area contributed by atoms with Crippen molar-refractivity contribution in [3.8, 4) is 0 Å². The van der Waals surface area contributed by atoms with Gasteiger partial charge in [0.1, 0.15) is 11.2 Å². The Bertz CT molecular complexity index is 426. The van der Waals surface area contributed by atoms with E-state index in [1.807, 2.05) is 0 Å². The number of likely N-dealkylation sites (tertiary alicyclic amines) is 2. The molecule has 0 spiro atoms. The van der Waals surface area contributed by atoms with Gasteiger partial charge in [0, 0.05) is 13.0 Å². The Hall–Kier alpha value is -1.34. The van der Waals surface area contributed by atoms with Gasteiger partial charge in [-0.25, -0.2) is 4.79 Å². The number of nitrogens with two attached hydrogens (primary N) is 1. The third-order valence-electron chi connectivity index (χ3n) is 3.74. The predicted octanol–water partition coefficient (Wildman–Crippen LogP) is -0.225. The number of nitrogens with zero attached hydrogens (tertiary/aromatic N) is 2. The molecule has 7 nitrogen and oxygen atoms in total. The summed E-state index contributed by atoms with van der Waals surface area (Å²) in [6.45, 7) is 7.10. The first-order valence-corrected chi connectivity index (χ1v) is 7.30. The van der Waals surface area contributed by atoms with Crippen LogP contribution in [0.4, 0.5) is 4.79 Å². The van der Waals surface area contributed by atoms with Crippen LogP contribution in [0, 0.1) is 5.92 Å². The van der Waals surface area contributed by atoms with Crippen LogP contribution in [-0.2, 0) is 9.53 Å². The van der Waals surface area contributed by atoms with Crippen molar-refractivity contribution >= 4 is 12.0 Å². The molecule has 7 heteroatoms. The summed E-state index contributed by atoms with van der Waals surface area (Å²) < 4.78 is 5.24. The Morgan fingerprint density at radius 2 is 2.10 bits per heavy atom. The van der Waals surface area contributed by atoms with E-state index in [0.29, 0.717) is 19.5 Å². The minimum absolute atomic E-state index is 0.0228. The van der Waals surface area contributed by atoms with Gasteiger partial charge in [-0.3, -0.25) is 4.79 Å². The zero-order valence-electron chi connectivity index (χ0n) is 13.0. The molecule has 2 fully saturated rings. The van der Waals surface area contributed by atoms with Crippen molar-refractivity contribution < 1.29 is 19.4 Å². The molecule has 2 aliphatic heterocycles. The average Bonchev–Trinajstić information content (AvgIpc) is 2.64. The summed E-state index contributed by atoms with van der Waals surface area (Å²) >= 11 is 0. The second-order valence-electron chi connectivity index (χ2n) is 7.14. The molecule has 1 unspecified atom stereocenters. The number of carbonyl (C=O) groups is 2. The zero-order valence-corrected chi connectivity index (χ0v) is 13.0. The highest BCUT2D eigenvalue weighted by atomic mass is 16.6. The molecule has 1 atom stereocenters. The van der Waals surface area contributed by atoms with Gasteiger partial charge in [0.15, 0.2) is 0 Å². The molecule has 2 rings (SSSR count). The van der Waals surface area contributed by atoms with Crippen LogP contribution in [0.2, 0.25) is 0 Å². The lowest BCUT2D eigenvalue weighted by Crippen LogP contribution is -2.68. The Morgan fingerprint density at radius 1 is 1.48 bits per heavy atom. The summed E-state index contributed by atoms with van der Waals surface area (Å²) in [5.74, 6) is 0.192. The molecule has 2 amide bonds. The Morgan fingerprint density at radius 3 is 2.57 bits per heavy atom. The SMILES string of the molecule is CC(C)(C)OC(=O)N1CC(O)(CN2CC(CN)CC2=O)C1. The van der Waals surface area contributed by atoms with Crippen LogP contribution in [0.5, 0.6) is 0 Å². The van der Waals surface area contributed by atoms with Gasteiger partial charge in [0.05, 0.1) is 19.6 Å². The van der Waals surface area contributed by atoms with Crippen LogP contribution >= 0.6 is 0 Å². The van der Waals surface area contributed by atoms with Crippen LogP contribution in [-0.4, -0.2) is 70.8 Å². The number of aliphatic hydroxyl groups is 1. The summed E-state index contributed by atoms with van der Waals surface area (Å²) in [7, 11) is 0. The van der Waals surface area contributed by atoms with E-state index in [2.05, 4.69) is 0 Å². The fourth-order valence-corrected chi connectivity index (χ4v) is 2.74. The number of hydrogen-bond donors (Lipinski definition) is 2. The lowest BCUT2D eigenvalue weighted by atomic mass is 9.94. The van der Waals surface area contributed by atoms with E-state index < -0.39 is 17.3 Å². The smallest absolute Gasteiger partial charge is 0.410 e. The van der Waals surface area contributed by atoms with Gasteiger partial charge in [-0.15, -0.1) is 0 Å². The van der Waals surface area contributed by atoms with Crippen LogP contribution < -0.4 is 5.73 Å². The van der Waals surface area contributed by atoms with Gasteiger partial charge in [0.2, 0.25) is 5.91 Å². The summed E-state index contributed by atoms with van der Waals surface area (Å²) in [6.07, 6.45) is 0.0160. The van der Waals surface area contributed by atoms with Crippen LogP contribution in [0.25, 0.3) is 0 Å². The zero-order chi connectivity index (χ0) is 15.8. The van der Waals surface area contributed by atoms with E-state index in [0.717, 1.165) is 0 Å². The summed E-state index contributed by atoms with van der Waals surface area (Å²) in [6, 6.07) is 0. The third-order valence-corrected chi connectivity index (χ3v) is 3.74. The van der Waals surface area contributed by atoms with Crippen molar-refractivity contribution in [1.82, 2.24) is 9.80 Å². The number of carbonyl (C=O) groups excluding carboxylic acids is 2. The maximum Gasteiger partial charge on any atom is 0.410 e. The molecule has 0 aliphatic carbocycles. The molecule has 120 valence electrons. The van der Waals surface area contributed by atoms with Crippen LogP contribution in [0.3, 0.4) is 0 Å². The second-order valence-corrected chi connectivity index (χ2v) is 7.14. The molecule has 0 bridgehead atoms. The fraction of sp³-hybridized carbons (Fsp3) is 0.857. The maximum absolute atomic E-state index is 11.8. The normalized spacial score (nSPS) is 25.0. The topological polar surface area (TPSA) is 96.1 Å². The average molecular weight is 299 g/mol. The number of rotatable bonds is 3. The highest BCUT2D eigenvalue weighted by Gasteiger charge is 2.47. The van der Waals surface area contributed by atoms with E-state index in [1.165, 1.54) is 4.90 Å². The van der Waals surface area contributed by atoms with Crippen molar-refractivity contribution in [2.75, 3.05) is 32.7 Å². The first-order valence-electron chi connectivity index (χ1n) is 7.30. The number of β-amino-alcohol motifs (C(OH)–C–C–N with tert-alkyl or cyclic N) is 1. The Kier molecular flexibility index (Phi) is 4.17. The molecular formula is C14H25N3O4. The first kappa shape index (κ1) is 16.0. The van der Waals surface area contributed by atoms with E-state index >= 15 is 0 Å². The monoisotopic (exact) mass is 299 g/mol. The molecule has 0 aromatic heterocycles. The molecule has 0 radical (unpaired) electrons. The van der Waals surface area contributed by atoms with E-state index in [9.17, 15) is 14.7 Å². The van der Waals surface area contributed by atoms with E-state index in [-0.39, 0.29) is 31.5 Å². The quantitative estimate of drug-likeness (QED) is 0.751. The van der Waals surface area contributed by atoms with Gasteiger partial charge < -0.3 is 25.4 Å². The maximum atomic E-state index is 11.8. The summed E-state index contributed by atoms with van der Waals surface area (Å²) in [5, 5.41) is 10.4. The summed E-state index contributed by atoms with van der Waals surface area (Å²) in [5.41, 5.74) is 3.99. The standard InChI is InChI=1S/C14H25N3O4/c1-13(2,3)21-12(19)17-8-14(20,9-17)7-16-6-10(5-15)4-11(16)18/h10,20H,4-9,15H2,1-3H3. The van der Waals surface area contributed by atoms with Crippen LogP contribution in [0.15, 0.2) is 0 Å².